The van der Waals surface area contributed by atoms with Crippen molar-refractivity contribution in [2.75, 3.05) is 38.5 Å². The quantitative estimate of drug-likeness (QED) is 0.518. The molecule has 0 aliphatic carbocycles. The number of nitrogens with zero attached hydrogens (tertiary/aromatic N) is 1. The molecule has 1 amide bonds. The van der Waals surface area contributed by atoms with Crippen LogP contribution >= 0.6 is 11.8 Å². The van der Waals surface area contributed by atoms with Gasteiger partial charge in [0.2, 0.25) is 0 Å². The summed E-state index contributed by atoms with van der Waals surface area (Å²) in [6.07, 6.45) is 2.04. The number of thioether (sulfide) groups is 1. The average molecular weight is 451 g/mol. The third-order valence-electron chi connectivity index (χ3n) is 5.38. The predicted octanol–water partition coefficient (Wildman–Crippen LogP) is 4.89. The van der Waals surface area contributed by atoms with Crippen LogP contribution in [0.25, 0.3) is 0 Å². The highest BCUT2D eigenvalue weighted by Gasteiger charge is 2.22. The van der Waals surface area contributed by atoms with Crippen molar-refractivity contribution in [3.05, 3.63) is 71.8 Å². The summed E-state index contributed by atoms with van der Waals surface area (Å²) in [6, 6.07) is 19.5. The van der Waals surface area contributed by atoms with Crippen molar-refractivity contribution < 1.29 is 19.0 Å². The lowest BCUT2D eigenvalue weighted by Crippen LogP contribution is -2.29. The third kappa shape index (κ3) is 4.62. The lowest BCUT2D eigenvalue weighted by Gasteiger charge is -2.32. The fraction of sp³-hybridized carbons (Fsp3) is 0.240. The first-order valence-electron chi connectivity index (χ1n) is 10.3. The third-order valence-corrected chi connectivity index (χ3v) is 6.12. The molecule has 1 aliphatic rings. The Kier molecular flexibility index (Phi) is 6.75. The molecular weight excluding hydrogens is 424 g/mol. The zero-order valence-corrected chi connectivity index (χ0v) is 19.2. The number of carbonyl (C=O) groups excluding carboxylic acids is 1. The first-order valence-corrected chi connectivity index (χ1v) is 11.5. The fourth-order valence-corrected chi connectivity index (χ4v) is 4.06. The van der Waals surface area contributed by atoms with E-state index in [0.29, 0.717) is 42.5 Å². The number of amides is 1. The number of anilines is 2. The number of nitrogens with one attached hydrogen (secondary N) is 1. The topological polar surface area (TPSA) is 60.0 Å². The Hall–Kier alpha value is -3.32. The normalized spacial score (nSPS) is 12.5. The van der Waals surface area contributed by atoms with Gasteiger partial charge in [-0.2, -0.15) is 0 Å². The average Bonchev–Trinajstić information content (AvgIpc) is 2.86. The van der Waals surface area contributed by atoms with Crippen LogP contribution in [0.2, 0.25) is 0 Å². The van der Waals surface area contributed by atoms with E-state index in [1.807, 2.05) is 48.7 Å². The molecule has 0 spiro atoms. The first-order chi connectivity index (χ1) is 15.6. The summed E-state index contributed by atoms with van der Waals surface area (Å²) < 4.78 is 16.7. The van der Waals surface area contributed by atoms with Crippen molar-refractivity contribution in [3.8, 4) is 17.2 Å². The van der Waals surface area contributed by atoms with Gasteiger partial charge < -0.3 is 24.4 Å². The molecule has 3 aromatic rings. The molecule has 1 heterocycles. The number of rotatable bonds is 7. The molecule has 0 radical (unpaired) electrons. The van der Waals surface area contributed by atoms with Gasteiger partial charge in [0, 0.05) is 28.8 Å². The van der Waals surface area contributed by atoms with Gasteiger partial charge in [-0.1, -0.05) is 12.1 Å². The SMILES string of the molecule is COc1ccc(N2CCOc3cc(C(=O)NCc4ccc(SC)cc4)ccc32)cc1OC. The molecule has 166 valence electrons. The smallest absolute Gasteiger partial charge is 0.251 e. The van der Waals surface area contributed by atoms with Gasteiger partial charge in [-0.25, -0.2) is 0 Å². The van der Waals surface area contributed by atoms with Crippen LogP contribution in [0, 0.1) is 0 Å². The minimum Gasteiger partial charge on any atom is -0.493 e. The van der Waals surface area contributed by atoms with Gasteiger partial charge in [0.05, 0.1) is 26.5 Å². The highest BCUT2D eigenvalue weighted by Crippen LogP contribution is 2.40. The lowest BCUT2D eigenvalue weighted by atomic mass is 10.1. The second-order valence-corrected chi connectivity index (χ2v) is 8.13. The summed E-state index contributed by atoms with van der Waals surface area (Å²) >= 11 is 1.70. The molecule has 6 nitrogen and oxygen atoms in total. The van der Waals surface area contributed by atoms with Crippen molar-refractivity contribution in [3.63, 3.8) is 0 Å². The number of benzene rings is 3. The van der Waals surface area contributed by atoms with Crippen LogP contribution in [-0.4, -0.2) is 39.5 Å². The summed E-state index contributed by atoms with van der Waals surface area (Å²) in [5.41, 5.74) is 3.51. The van der Waals surface area contributed by atoms with Crippen LogP contribution in [0.5, 0.6) is 17.2 Å². The van der Waals surface area contributed by atoms with Crippen molar-refractivity contribution in [1.29, 1.82) is 0 Å². The van der Waals surface area contributed by atoms with Crippen LogP contribution in [0.3, 0.4) is 0 Å². The van der Waals surface area contributed by atoms with E-state index in [1.54, 1.807) is 32.0 Å². The van der Waals surface area contributed by atoms with Gasteiger partial charge in [-0.3, -0.25) is 4.79 Å². The molecule has 1 N–H and O–H groups in total. The van der Waals surface area contributed by atoms with E-state index in [2.05, 4.69) is 22.3 Å². The van der Waals surface area contributed by atoms with Crippen LogP contribution < -0.4 is 24.4 Å². The Morgan fingerprint density at radius 2 is 1.81 bits per heavy atom. The maximum Gasteiger partial charge on any atom is 0.251 e. The van der Waals surface area contributed by atoms with Gasteiger partial charge in [-0.05, 0) is 54.3 Å². The molecule has 7 heteroatoms. The highest BCUT2D eigenvalue weighted by molar-refractivity contribution is 7.98. The molecule has 1 aliphatic heterocycles. The maximum atomic E-state index is 12.7. The van der Waals surface area contributed by atoms with E-state index >= 15 is 0 Å². The summed E-state index contributed by atoms with van der Waals surface area (Å²) in [5.74, 6) is 1.90. The zero-order valence-electron chi connectivity index (χ0n) is 18.4. The molecule has 0 saturated carbocycles. The molecule has 0 fully saturated rings. The van der Waals surface area contributed by atoms with Crippen LogP contribution in [0.1, 0.15) is 15.9 Å². The highest BCUT2D eigenvalue weighted by atomic mass is 32.2. The standard InChI is InChI=1S/C25H26N2O4S/c1-29-22-11-7-19(15-24(22)30-2)27-12-13-31-23-14-18(6-10-21(23)27)25(28)26-16-17-4-8-20(32-3)9-5-17/h4-11,14-15H,12-13,16H2,1-3H3,(H,26,28). The van der Waals surface area contributed by atoms with Crippen LogP contribution in [-0.2, 0) is 6.54 Å². The zero-order chi connectivity index (χ0) is 22.5. The second-order valence-electron chi connectivity index (χ2n) is 7.25. The van der Waals surface area contributed by atoms with E-state index in [9.17, 15) is 4.79 Å². The summed E-state index contributed by atoms with van der Waals surface area (Å²) in [6.45, 7) is 1.69. The molecule has 0 unspecified atom stereocenters. The number of methoxy groups -OCH3 is 2. The summed E-state index contributed by atoms with van der Waals surface area (Å²) in [7, 11) is 3.24. The number of hydrogen-bond donors (Lipinski definition) is 1. The first kappa shape index (κ1) is 21.9. The second kappa shape index (κ2) is 9.87. The largest absolute Gasteiger partial charge is 0.493 e. The van der Waals surface area contributed by atoms with Crippen molar-refractivity contribution in [2.24, 2.45) is 0 Å². The maximum absolute atomic E-state index is 12.7. The summed E-state index contributed by atoms with van der Waals surface area (Å²) in [4.78, 5) is 16.1. The minimum absolute atomic E-state index is 0.131. The molecule has 0 atom stereocenters. The van der Waals surface area contributed by atoms with Crippen LogP contribution in [0.15, 0.2) is 65.6 Å². The van der Waals surface area contributed by atoms with E-state index in [-0.39, 0.29) is 5.91 Å². The predicted molar refractivity (Wildman–Crippen MR) is 128 cm³/mol. The van der Waals surface area contributed by atoms with Gasteiger partial charge in [0.25, 0.3) is 5.91 Å². The van der Waals surface area contributed by atoms with E-state index < -0.39 is 0 Å². The number of fused-ring (bicyclic) bond motifs is 1. The molecule has 0 aromatic heterocycles. The number of hydrogen-bond acceptors (Lipinski definition) is 6. The summed E-state index contributed by atoms with van der Waals surface area (Å²) in [5, 5.41) is 2.98. The Bertz CT molecular complexity index is 1100. The molecule has 0 bridgehead atoms. The van der Waals surface area contributed by atoms with Crippen LogP contribution in [0.4, 0.5) is 11.4 Å². The fourth-order valence-electron chi connectivity index (χ4n) is 3.65. The number of ether oxygens (including phenoxy) is 3. The molecule has 32 heavy (non-hydrogen) atoms. The monoisotopic (exact) mass is 450 g/mol. The lowest BCUT2D eigenvalue weighted by molar-refractivity contribution is 0.0950. The molecule has 0 saturated heterocycles. The molecular formula is C25H26N2O4S. The molecule has 4 rings (SSSR count). The van der Waals surface area contributed by atoms with Gasteiger partial charge in [-0.15, -0.1) is 11.8 Å². The minimum atomic E-state index is -0.131. The van der Waals surface area contributed by atoms with E-state index in [0.717, 1.165) is 16.9 Å². The van der Waals surface area contributed by atoms with Gasteiger partial charge >= 0.3 is 0 Å². The Morgan fingerprint density at radius 3 is 2.53 bits per heavy atom. The number of carbonyl (C=O) groups is 1. The van der Waals surface area contributed by atoms with Gasteiger partial charge in [0.15, 0.2) is 11.5 Å². The van der Waals surface area contributed by atoms with Gasteiger partial charge in [0.1, 0.15) is 12.4 Å². The Morgan fingerprint density at radius 1 is 1.03 bits per heavy atom. The Labute approximate surface area is 192 Å². The van der Waals surface area contributed by atoms with E-state index in [1.165, 1.54) is 4.90 Å². The van der Waals surface area contributed by atoms with Crippen molar-refractivity contribution >= 4 is 29.0 Å². The Balaban J connectivity index is 1.50. The van der Waals surface area contributed by atoms with E-state index in [4.69, 9.17) is 14.2 Å². The van der Waals surface area contributed by atoms with Crippen molar-refractivity contribution in [1.82, 2.24) is 5.32 Å². The van der Waals surface area contributed by atoms with Crippen molar-refractivity contribution in [2.45, 2.75) is 11.4 Å². The molecule has 3 aromatic carbocycles.